The molecule has 1 heterocycles. The average Bonchev–Trinajstić information content (AvgIpc) is 2.67. The van der Waals surface area contributed by atoms with Crippen LogP contribution in [0.1, 0.15) is 28.1 Å². The number of halogens is 1. The predicted octanol–water partition coefficient (Wildman–Crippen LogP) is 2.34. The Bertz CT molecular complexity index is 676. The molecule has 0 saturated carbocycles. The number of hydrogen-bond acceptors (Lipinski definition) is 2. The topological polar surface area (TPSA) is 46.9 Å². The van der Waals surface area contributed by atoms with Crippen LogP contribution >= 0.6 is 0 Å². The van der Waals surface area contributed by atoms with Crippen molar-refractivity contribution in [3.05, 3.63) is 52.1 Å². The minimum Gasteiger partial charge on any atom is -0.352 e. The predicted molar refractivity (Wildman–Crippen MR) is 79.4 cm³/mol. The molecule has 1 aromatic heterocycles. The van der Waals surface area contributed by atoms with Crippen LogP contribution in [0.25, 0.3) is 0 Å². The first-order chi connectivity index (χ1) is 9.88. The molecule has 1 amide bonds. The summed E-state index contributed by atoms with van der Waals surface area (Å²) in [6.07, 6.45) is 0.311. The number of carbonyl (C=O) groups excluding carboxylic acids is 1. The van der Waals surface area contributed by atoms with E-state index >= 15 is 0 Å². The lowest BCUT2D eigenvalue weighted by molar-refractivity contribution is -0.120. The smallest absolute Gasteiger partial charge is 0.224 e. The molecule has 0 spiro atoms. The van der Waals surface area contributed by atoms with E-state index in [1.165, 1.54) is 6.07 Å². The number of amides is 1. The van der Waals surface area contributed by atoms with E-state index in [0.29, 0.717) is 18.5 Å². The van der Waals surface area contributed by atoms with Crippen molar-refractivity contribution in [2.45, 2.75) is 33.7 Å². The van der Waals surface area contributed by atoms with E-state index in [4.69, 9.17) is 0 Å². The second-order valence-electron chi connectivity index (χ2n) is 5.31. The van der Waals surface area contributed by atoms with Crippen LogP contribution in [0.4, 0.5) is 4.39 Å². The SMILES string of the molecule is Cc1cc(CNC(=O)Cc2c(C)nn(C)c2C)ccc1F. The summed E-state index contributed by atoms with van der Waals surface area (Å²) in [4.78, 5) is 12.0. The summed E-state index contributed by atoms with van der Waals surface area (Å²) in [5.41, 5.74) is 4.32. The van der Waals surface area contributed by atoms with Crippen molar-refractivity contribution < 1.29 is 9.18 Å². The molecular formula is C16H20FN3O. The fraction of sp³-hybridized carbons (Fsp3) is 0.375. The fourth-order valence-electron chi connectivity index (χ4n) is 2.31. The molecule has 2 aromatic rings. The lowest BCUT2D eigenvalue weighted by atomic mass is 10.1. The molecule has 0 unspecified atom stereocenters. The third kappa shape index (κ3) is 3.48. The summed E-state index contributed by atoms with van der Waals surface area (Å²) < 4.78 is 15.0. The highest BCUT2D eigenvalue weighted by molar-refractivity contribution is 5.79. The van der Waals surface area contributed by atoms with Gasteiger partial charge in [0.25, 0.3) is 0 Å². The Morgan fingerprint density at radius 3 is 2.62 bits per heavy atom. The molecule has 0 aliphatic carbocycles. The van der Waals surface area contributed by atoms with Gasteiger partial charge >= 0.3 is 0 Å². The molecule has 0 bridgehead atoms. The number of hydrogen-bond donors (Lipinski definition) is 1. The number of aryl methyl sites for hydroxylation is 3. The number of rotatable bonds is 4. The lowest BCUT2D eigenvalue weighted by Crippen LogP contribution is -2.25. The molecule has 0 atom stereocenters. The monoisotopic (exact) mass is 289 g/mol. The molecule has 2 rings (SSSR count). The summed E-state index contributed by atoms with van der Waals surface area (Å²) >= 11 is 0. The largest absolute Gasteiger partial charge is 0.352 e. The first-order valence-electron chi connectivity index (χ1n) is 6.89. The highest BCUT2D eigenvalue weighted by Gasteiger charge is 2.13. The molecule has 0 aliphatic heterocycles. The molecular weight excluding hydrogens is 269 g/mol. The van der Waals surface area contributed by atoms with E-state index < -0.39 is 0 Å². The Morgan fingerprint density at radius 1 is 1.33 bits per heavy atom. The Morgan fingerprint density at radius 2 is 2.05 bits per heavy atom. The zero-order valence-corrected chi connectivity index (χ0v) is 12.8. The van der Waals surface area contributed by atoms with E-state index in [2.05, 4.69) is 10.4 Å². The first-order valence-corrected chi connectivity index (χ1v) is 6.89. The molecule has 0 saturated heterocycles. The number of benzene rings is 1. The molecule has 0 fully saturated rings. The van der Waals surface area contributed by atoms with Crippen LogP contribution in [0.15, 0.2) is 18.2 Å². The molecule has 0 aliphatic rings. The highest BCUT2D eigenvalue weighted by Crippen LogP contribution is 2.13. The van der Waals surface area contributed by atoms with Crippen LogP contribution in [0, 0.1) is 26.6 Å². The molecule has 4 nitrogen and oxygen atoms in total. The third-order valence-electron chi connectivity index (χ3n) is 3.71. The van der Waals surface area contributed by atoms with Gasteiger partial charge in [0.1, 0.15) is 5.82 Å². The maximum atomic E-state index is 13.2. The van der Waals surface area contributed by atoms with Crippen molar-refractivity contribution in [1.29, 1.82) is 0 Å². The van der Waals surface area contributed by atoms with E-state index in [0.717, 1.165) is 22.5 Å². The van der Waals surface area contributed by atoms with Gasteiger partial charge in [-0.15, -0.1) is 0 Å². The summed E-state index contributed by atoms with van der Waals surface area (Å²) in [5, 5.41) is 7.16. The van der Waals surface area contributed by atoms with Gasteiger partial charge in [0.2, 0.25) is 5.91 Å². The maximum Gasteiger partial charge on any atom is 0.224 e. The van der Waals surface area contributed by atoms with E-state index in [1.807, 2.05) is 20.9 Å². The van der Waals surface area contributed by atoms with E-state index in [1.54, 1.807) is 23.7 Å². The normalized spacial score (nSPS) is 10.7. The third-order valence-corrected chi connectivity index (χ3v) is 3.71. The van der Waals surface area contributed by atoms with Crippen molar-refractivity contribution >= 4 is 5.91 Å². The van der Waals surface area contributed by atoms with E-state index in [-0.39, 0.29) is 11.7 Å². The van der Waals surface area contributed by atoms with Gasteiger partial charge in [-0.2, -0.15) is 5.10 Å². The summed E-state index contributed by atoms with van der Waals surface area (Å²) in [6, 6.07) is 4.85. The number of aromatic nitrogens is 2. The molecule has 1 aromatic carbocycles. The van der Waals surface area contributed by atoms with Gasteiger partial charge in [0.15, 0.2) is 0 Å². The molecule has 0 radical (unpaired) electrons. The van der Waals surface area contributed by atoms with Crippen LogP contribution in [-0.4, -0.2) is 15.7 Å². The zero-order valence-electron chi connectivity index (χ0n) is 12.8. The summed E-state index contributed by atoms with van der Waals surface area (Å²) in [7, 11) is 1.87. The van der Waals surface area contributed by atoms with Crippen molar-refractivity contribution in [3.63, 3.8) is 0 Å². The standard InChI is InChI=1S/C16H20FN3O/c1-10-7-13(5-6-15(10)17)9-18-16(21)8-14-11(2)19-20(4)12(14)3/h5-7H,8-9H2,1-4H3,(H,18,21). The van der Waals surface area contributed by atoms with Crippen LogP contribution in [0.2, 0.25) is 0 Å². The Hall–Kier alpha value is -2.17. The first kappa shape index (κ1) is 15.2. The van der Waals surface area contributed by atoms with Gasteiger partial charge in [-0.25, -0.2) is 4.39 Å². The van der Waals surface area contributed by atoms with Crippen molar-refractivity contribution in [2.75, 3.05) is 0 Å². The number of carbonyl (C=O) groups is 1. The molecule has 21 heavy (non-hydrogen) atoms. The average molecular weight is 289 g/mol. The van der Waals surface area contributed by atoms with Gasteiger partial charge in [-0.1, -0.05) is 12.1 Å². The maximum absolute atomic E-state index is 13.2. The van der Waals surface area contributed by atoms with Crippen molar-refractivity contribution in [2.24, 2.45) is 7.05 Å². The van der Waals surface area contributed by atoms with Crippen molar-refractivity contribution in [1.82, 2.24) is 15.1 Å². The summed E-state index contributed by atoms with van der Waals surface area (Å²) in [5.74, 6) is -0.289. The molecule has 112 valence electrons. The summed E-state index contributed by atoms with van der Waals surface area (Å²) in [6.45, 7) is 5.96. The quantitative estimate of drug-likeness (QED) is 0.939. The zero-order chi connectivity index (χ0) is 15.6. The minimum atomic E-state index is -0.230. The highest BCUT2D eigenvalue weighted by atomic mass is 19.1. The molecule has 5 heteroatoms. The number of nitrogens with one attached hydrogen (secondary N) is 1. The minimum absolute atomic E-state index is 0.0591. The van der Waals surface area contributed by atoms with Gasteiger partial charge < -0.3 is 5.32 Å². The second-order valence-corrected chi connectivity index (χ2v) is 5.31. The number of nitrogens with zero attached hydrogens (tertiary/aromatic N) is 2. The van der Waals surface area contributed by atoms with Crippen molar-refractivity contribution in [3.8, 4) is 0 Å². The van der Waals surface area contributed by atoms with Crippen LogP contribution in [-0.2, 0) is 24.8 Å². The molecule has 1 N–H and O–H groups in total. The Balaban J connectivity index is 1.97. The van der Waals surface area contributed by atoms with Crippen LogP contribution in [0.5, 0.6) is 0 Å². The van der Waals surface area contributed by atoms with Gasteiger partial charge in [-0.05, 0) is 38.0 Å². The Labute approximate surface area is 124 Å². The Kier molecular flexibility index (Phi) is 4.40. The lowest BCUT2D eigenvalue weighted by Gasteiger charge is -2.07. The van der Waals surface area contributed by atoms with Gasteiger partial charge in [0.05, 0.1) is 12.1 Å². The van der Waals surface area contributed by atoms with E-state index in [9.17, 15) is 9.18 Å². The van der Waals surface area contributed by atoms with Gasteiger partial charge in [-0.3, -0.25) is 9.48 Å². The van der Waals surface area contributed by atoms with Gasteiger partial charge in [0, 0.05) is 24.8 Å². The fourth-order valence-corrected chi connectivity index (χ4v) is 2.31. The second kappa shape index (κ2) is 6.08. The van der Waals surface area contributed by atoms with Crippen LogP contribution in [0.3, 0.4) is 0 Å². The van der Waals surface area contributed by atoms with Crippen LogP contribution < -0.4 is 5.32 Å².